The van der Waals surface area contributed by atoms with Gasteiger partial charge >= 0.3 is 0 Å². The maximum Gasteiger partial charge on any atom is 0.220 e. The van der Waals surface area contributed by atoms with Crippen LogP contribution in [0.1, 0.15) is 18.9 Å². The summed E-state index contributed by atoms with van der Waals surface area (Å²) in [4.78, 5) is 11.5. The topological polar surface area (TPSA) is 58.6 Å². The second-order valence-corrected chi connectivity index (χ2v) is 3.96. The standard InChI is InChI=1S/C13H19NO3/c1-10(15)9-14-13(16)8-7-11-5-3-4-6-12(11)17-2/h3-6,10,15H,7-9H2,1-2H3,(H,14,16)/t10-/m1/s1. The summed E-state index contributed by atoms with van der Waals surface area (Å²) in [5.74, 6) is 0.743. The molecule has 0 saturated heterocycles. The summed E-state index contributed by atoms with van der Waals surface area (Å²) in [5.41, 5.74) is 1.02. The number of nitrogens with one attached hydrogen (secondary N) is 1. The summed E-state index contributed by atoms with van der Waals surface area (Å²) in [6.07, 6.45) is 0.521. The van der Waals surface area contributed by atoms with Crippen molar-refractivity contribution < 1.29 is 14.6 Å². The average molecular weight is 237 g/mol. The fourth-order valence-corrected chi connectivity index (χ4v) is 1.51. The van der Waals surface area contributed by atoms with E-state index in [0.717, 1.165) is 11.3 Å². The fourth-order valence-electron chi connectivity index (χ4n) is 1.51. The lowest BCUT2D eigenvalue weighted by molar-refractivity contribution is -0.121. The van der Waals surface area contributed by atoms with Gasteiger partial charge in [-0.2, -0.15) is 0 Å². The molecule has 0 bridgehead atoms. The Hall–Kier alpha value is -1.55. The van der Waals surface area contributed by atoms with Gasteiger partial charge in [0.15, 0.2) is 0 Å². The third kappa shape index (κ3) is 4.87. The number of aliphatic hydroxyl groups is 1. The molecular weight excluding hydrogens is 218 g/mol. The number of hydrogen-bond acceptors (Lipinski definition) is 3. The second-order valence-electron chi connectivity index (χ2n) is 3.96. The van der Waals surface area contributed by atoms with E-state index in [1.54, 1.807) is 14.0 Å². The second kappa shape index (κ2) is 6.91. The predicted molar refractivity (Wildman–Crippen MR) is 66.0 cm³/mol. The van der Waals surface area contributed by atoms with Crippen molar-refractivity contribution in [1.82, 2.24) is 5.32 Å². The minimum Gasteiger partial charge on any atom is -0.496 e. The quantitative estimate of drug-likeness (QED) is 0.779. The first kappa shape index (κ1) is 13.5. The molecule has 0 spiro atoms. The van der Waals surface area contributed by atoms with E-state index in [0.29, 0.717) is 19.4 Å². The molecule has 4 heteroatoms. The minimum absolute atomic E-state index is 0.0585. The highest BCUT2D eigenvalue weighted by Crippen LogP contribution is 2.18. The number of carbonyl (C=O) groups is 1. The lowest BCUT2D eigenvalue weighted by atomic mass is 10.1. The Morgan fingerprint density at radius 3 is 2.82 bits per heavy atom. The van der Waals surface area contributed by atoms with Crippen LogP contribution in [0.5, 0.6) is 5.75 Å². The zero-order chi connectivity index (χ0) is 12.7. The Bertz CT molecular complexity index is 363. The SMILES string of the molecule is COc1ccccc1CCC(=O)NC[C@@H](C)O. The van der Waals surface area contributed by atoms with Crippen LogP contribution in [0.4, 0.5) is 0 Å². The Morgan fingerprint density at radius 2 is 2.18 bits per heavy atom. The van der Waals surface area contributed by atoms with Crippen LogP contribution in [0.15, 0.2) is 24.3 Å². The fraction of sp³-hybridized carbons (Fsp3) is 0.462. The molecule has 1 atom stereocenters. The van der Waals surface area contributed by atoms with Gasteiger partial charge in [-0.05, 0) is 25.0 Å². The third-order valence-electron chi connectivity index (χ3n) is 2.41. The van der Waals surface area contributed by atoms with Crippen molar-refractivity contribution in [2.75, 3.05) is 13.7 Å². The summed E-state index contributed by atoms with van der Waals surface area (Å²) >= 11 is 0. The highest BCUT2D eigenvalue weighted by atomic mass is 16.5. The number of para-hydroxylation sites is 1. The van der Waals surface area contributed by atoms with Gasteiger partial charge in [-0.25, -0.2) is 0 Å². The number of benzene rings is 1. The van der Waals surface area contributed by atoms with Gasteiger partial charge < -0.3 is 15.2 Å². The lowest BCUT2D eigenvalue weighted by Gasteiger charge is -2.09. The molecule has 0 fully saturated rings. The van der Waals surface area contributed by atoms with E-state index in [1.807, 2.05) is 24.3 Å². The Labute approximate surface area is 102 Å². The van der Waals surface area contributed by atoms with Crippen molar-refractivity contribution in [3.8, 4) is 5.75 Å². The molecule has 17 heavy (non-hydrogen) atoms. The molecule has 0 aliphatic carbocycles. The summed E-state index contributed by atoms with van der Waals surface area (Å²) in [6.45, 7) is 1.94. The van der Waals surface area contributed by atoms with Crippen molar-refractivity contribution in [1.29, 1.82) is 0 Å². The van der Waals surface area contributed by atoms with Crippen molar-refractivity contribution in [2.24, 2.45) is 0 Å². The van der Waals surface area contributed by atoms with E-state index >= 15 is 0 Å². The van der Waals surface area contributed by atoms with Crippen LogP contribution in [0.25, 0.3) is 0 Å². The van der Waals surface area contributed by atoms with Crippen molar-refractivity contribution >= 4 is 5.91 Å². The molecular formula is C13H19NO3. The van der Waals surface area contributed by atoms with E-state index in [-0.39, 0.29) is 5.91 Å². The largest absolute Gasteiger partial charge is 0.496 e. The number of aryl methyl sites for hydroxylation is 1. The van der Waals surface area contributed by atoms with Gasteiger partial charge in [0.25, 0.3) is 0 Å². The van der Waals surface area contributed by atoms with Gasteiger partial charge in [0, 0.05) is 13.0 Å². The molecule has 0 unspecified atom stereocenters. The highest BCUT2D eigenvalue weighted by molar-refractivity contribution is 5.76. The predicted octanol–water partition coefficient (Wildman–Crippen LogP) is 1.12. The summed E-state index contributed by atoms with van der Waals surface area (Å²) in [6, 6.07) is 7.64. The Kier molecular flexibility index (Phi) is 5.49. The molecule has 1 rings (SSSR count). The maximum absolute atomic E-state index is 11.5. The number of aliphatic hydroxyl groups excluding tert-OH is 1. The van der Waals surface area contributed by atoms with Gasteiger partial charge in [-0.1, -0.05) is 18.2 Å². The number of hydrogen-bond donors (Lipinski definition) is 2. The number of ether oxygens (including phenoxy) is 1. The van der Waals surface area contributed by atoms with Crippen LogP contribution < -0.4 is 10.1 Å². The van der Waals surface area contributed by atoms with Crippen molar-refractivity contribution in [3.05, 3.63) is 29.8 Å². The number of carbonyl (C=O) groups excluding carboxylic acids is 1. The first-order chi connectivity index (χ1) is 8.13. The molecule has 0 aromatic heterocycles. The van der Waals surface area contributed by atoms with Crippen molar-refractivity contribution in [3.63, 3.8) is 0 Å². The minimum atomic E-state index is -0.509. The van der Waals surface area contributed by atoms with E-state index in [4.69, 9.17) is 9.84 Å². The smallest absolute Gasteiger partial charge is 0.220 e. The van der Waals surface area contributed by atoms with Gasteiger partial charge in [-0.15, -0.1) is 0 Å². The highest BCUT2D eigenvalue weighted by Gasteiger charge is 2.06. The van der Waals surface area contributed by atoms with Crippen LogP contribution in [0.2, 0.25) is 0 Å². The van der Waals surface area contributed by atoms with Crippen LogP contribution in [0, 0.1) is 0 Å². The molecule has 0 heterocycles. The first-order valence-electron chi connectivity index (χ1n) is 5.70. The van der Waals surface area contributed by atoms with Crippen molar-refractivity contribution in [2.45, 2.75) is 25.9 Å². The van der Waals surface area contributed by atoms with Gasteiger partial charge in [0.2, 0.25) is 5.91 Å². The lowest BCUT2D eigenvalue weighted by Crippen LogP contribution is -2.30. The van der Waals surface area contributed by atoms with Crippen LogP contribution in [-0.2, 0) is 11.2 Å². The van der Waals surface area contributed by atoms with E-state index in [9.17, 15) is 4.79 Å². The van der Waals surface area contributed by atoms with Gasteiger partial charge in [-0.3, -0.25) is 4.79 Å². The molecule has 1 amide bonds. The zero-order valence-electron chi connectivity index (χ0n) is 10.3. The molecule has 94 valence electrons. The normalized spacial score (nSPS) is 11.9. The number of methoxy groups -OCH3 is 1. The molecule has 1 aromatic rings. The molecule has 0 radical (unpaired) electrons. The number of rotatable bonds is 6. The van der Waals surface area contributed by atoms with Crippen LogP contribution in [-0.4, -0.2) is 30.8 Å². The third-order valence-corrected chi connectivity index (χ3v) is 2.41. The van der Waals surface area contributed by atoms with Crippen LogP contribution >= 0.6 is 0 Å². The van der Waals surface area contributed by atoms with Crippen LogP contribution in [0.3, 0.4) is 0 Å². The number of amides is 1. The summed E-state index contributed by atoms with van der Waals surface area (Å²) < 4.78 is 5.20. The van der Waals surface area contributed by atoms with E-state index in [1.165, 1.54) is 0 Å². The summed E-state index contributed by atoms with van der Waals surface area (Å²) in [5, 5.41) is 11.7. The average Bonchev–Trinajstić information content (AvgIpc) is 2.34. The van der Waals surface area contributed by atoms with E-state index in [2.05, 4.69) is 5.32 Å². The monoisotopic (exact) mass is 237 g/mol. The molecule has 4 nitrogen and oxygen atoms in total. The first-order valence-corrected chi connectivity index (χ1v) is 5.70. The van der Waals surface area contributed by atoms with Gasteiger partial charge in [0.1, 0.15) is 5.75 Å². The van der Waals surface area contributed by atoms with Gasteiger partial charge in [0.05, 0.1) is 13.2 Å². The molecule has 2 N–H and O–H groups in total. The molecule has 0 saturated carbocycles. The molecule has 0 aliphatic rings. The Morgan fingerprint density at radius 1 is 1.47 bits per heavy atom. The maximum atomic E-state index is 11.5. The molecule has 1 aromatic carbocycles. The van der Waals surface area contributed by atoms with E-state index < -0.39 is 6.10 Å². The zero-order valence-corrected chi connectivity index (χ0v) is 10.3. The summed E-state index contributed by atoms with van der Waals surface area (Å²) in [7, 11) is 1.62. The Balaban J connectivity index is 2.42. The molecule has 0 aliphatic heterocycles.